The summed E-state index contributed by atoms with van der Waals surface area (Å²) in [5, 5.41) is 0. The van der Waals surface area contributed by atoms with Gasteiger partial charge in [-0.1, -0.05) is 12.1 Å². The lowest BCUT2D eigenvalue weighted by Gasteiger charge is -2.47. The molecule has 4 rings (SSSR count). The number of aromatic nitrogens is 2. The summed E-state index contributed by atoms with van der Waals surface area (Å²) in [5.41, 5.74) is 0.409. The summed E-state index contributed by atoms with van der Waals surface area (Å²) in [5.74, 6) is 0.594. The van der Waals surface area contributed by atoms with Crippen molar-refractivity contribution in [1.29, 1.82) is 0 Å². The molecule has 6 nitrogen and oxygen atoms in total. The highest BCUT2D eigenvalue weighted by atomic mass is 19.1. The fraction of sp³-hybridized carbons (Fsp3) is 0.450. The minimum absolute atomic E-state index is 0.0274. The number of ether oxygens (including phenoxy) is 1. The van der Waals surface area contributed by atoms with E-state index in [1.807, 2.05) is 4.90 Å². The van der Waals surface area contributed by atoms with Crippen molar-refractivity contribution in [3.8, 4) is 0 Å². The third-order valence-corrected chi connectivity index (χ3v) is 5.39. The number of hydrogen-bond donors (Lipinski definition) is 0. The summed E-state index contributed by atoms with van der Waals surface area (Å²) >= 11 is 0. The Bertz CT molecular complexity index is 794. The number of benzene rings is 1. The van der Waals surface area contributed by atoms with Crippen molar-refractivity contribution in [1.82, 2.24) is 14.9 Å². The molecule has 0 saturated carbocycles. The van der Waals surface area contributed by atoms with Crippen LogP contribution in [0.5, 0.6) is 0 Å². The van der Waals surface area contributed by atoms with Gasteiger partial charge in [0.25, 0.3) is 0 Å². The van der Waals surface area contributed by atoms with Crippen molar-refractivity contribution >= 4 is 11.7 Å². The molecule has 1 amide bonds. The molecule has 2 aliphatic heterocycles. The van der Waals surface area contributed by atoms with Gasteiger partial charge in [0.15, 0.2) is 0 Å². The normalized spacial score (nSPS) is 19.3. The zero-order chi connectivity index (χ0) is 18.7. The summed E-state index contributed by atoms with van der Waals surface area (Å²) in [6.45, 7) is 3.37. The van der Waals surface area contributed by atoms with E-state index in [0.29, 0.717) is 25.3 Å². The highest BCUT2D eigenvalue weighted by Gasteiger charge is 2.41. The van der Waals surface area contributed by atoms with Crippen LogP contribution in [0.1, 0.15) is 18.4 Å². The lowest BCUT2D eigenvalue weighted by Crippen LogP contribution is -2.58. The van der Waals surface area contributed by atoms with Gasteiger partial charge >= 0.3 is 0 Å². The highest BCUT2D eigenvalue weighted by Crippen LogP contribution is 2.31. The average molecular weight is 370 g/mol. The Labute approximate surface area is 158 Å². The van der Waals surface area contributed by atoms with Crippen molar-refractivity contribution in [2.75, 3.05) is 37.7 Å². The number of morpholine rings is 1. The molecule has 3 heterocycles. The molecule has 1 aromatic heterocycles. The first-order chi connectivity index (χ1) is 13.1. The predicted molar refractivity (Wildman–Crippen MR) is 98.8 cm³/mol. The minimum Gasteiger partial charge on any atom is -0.371 e. The molecule has 27 heavy (non-hydrogen) atoms. The first kappa shape index (κ1) is 17.9. The van der Waals surface area contributed by atoms with Gasteiger partial charge in [-0.15, -0.1) is 0 Å². The van der Waals surface area contributed by atoms with Gasteiger partial charge in [0, 0.05) is 38.6 Å². The standard InChI is InChI=1S/C20H23FN4O2/c21-17-3-1-2-16(12-17)13-19(26)25-10-11-27-20(15-25)4-8-24(9-5-20)18-14-22-6-7-23-18/h1-3,6-7,12,14H,4-5,8-11,13,15H2. The first-order valence-corrected chi connectivity index (χ1v) is 9.31. The smallest absolute Gasteiger partial charge is 0.227 e. The number of hydrogen-bond acceptors (Lipinski definition) is 5. The predicted octanol–water partition coefficient (Wildman–Crippen LogP) is 2.06. The largest absolute Gasteiger partial charge is 0.371 e. The quantitative estimate of drug-likeness (QED) is 0.828. The Morgan fingerprint density at radius 3 is 2.81 bits per heavy atom. The van der Waals surface area contributed by atoms with E-state index in [1.165, 1.54) is 12.1 Å². The van der Waals surface area contributed by atoms with Gasteiger partial charge < -0.3 is 14.5 Å². The van der Waals surface area contributed by atoms with Crippen molar-refractivity contribution in [3.05, 3.63) is 54.2 Å². The fourth-order valence-corrected chi connectivity index (χ4v) is 3.89. The van der Waals surface area contributed by atoms with Crippen LogP contribution < -0.4 is 4.90 Å². The van der Waals surface area contributed by atoms with Crippen LogP contribution in [0.3, 0.4) is 0 Å². The van der Waals surface area contributed by atoms with Gasteiger partial charge in [0.2, 0.25) is 5.91 Å². The third-order valence-electron chi connectivity index (χ3n) is 5.39. The molecule has 2 saturated heterocycles. The number of carbonyl (C=O) groups excluding carboxylic acids is 1. The van der Waals surface area contributed by atoms with Crippen LogP contribution in [0.15, 0.2) is 42.9 Å². The van der Waals surface area contributed by atoms with Gasteiger partial charge in [0.1, 0.15) is 11.6 Å². The van der Waals surface area contributed by atoms with Gasteiger partial charge in [-0.25, -0.2) is 9.37 Å². The zero-order valence-corrected chi connectivity index (χ0v) is 15.2. The van der Waals surface area contributed by atoms with E-state index < -0.39 is 0 Å². The molecule has 2 aromatic rings. The second kappa shape index (κ2) is 7.60. The fourth-order valence-electron chi connectivity index (χ4n) is 3.89. The van der Waals surface area contributed by atoms with Crippen LogP contribution in [0, 0.1) is 5.82 Å². The van der Waals surface area contributed by atoms with Gasteiger partial charge in [0.05, 0.1) is 24.8 Å². The summed E-state index contributed by atoms with van der Waals surface area (Å²) < 4.78 is 19.5. The molecule has 7 heteroatoms. The number of halogens is 1. The SMILES string of the molecule is O=C(Cc1cccc(F)c1)N1CCOC2(CCN(c3cnccn3)CC2)C1. The Kier molecular flexibility index (Phi) is 5.03. The van der Waals surface area contributed by atoms with Crippen molar-refractivity contribution in [3.63, 3.8) is 0 Å². The second-order valence-electron chi connectivity index (χ2n) is 7.20. The molecule has 0 unspecified atom stereocenters. The van der Waals surface area contributed by atoms with Crippen molar-refractivity contribution < 1.29 is 13.9 Å². The van der Waals surface area contributed by atoms with Crippen LogP contribution in [0.25, 0.3) is 0 Å². The monoisotopic (exact) mass is 370 g/mol. The molecule has 142 valence electrons. The number of anilines is 1. The molecule has 0 atom stereocenters. The second-order valence-corrected chi connectivity index (χ2v) is 7.20. The number of carbonyl (C=O) groups is 1. The number of amides is 1. The lowest BCUT2D eigenvalue weighted by molar-refractivity contribution is -0.153. The van der Waals surface area contributed by atoms with E-state index in [0.717, 1.165) is 31.7 Å². The Morgan fingerprint density at radius 2 is 2.07 bits per heavy atom. The van der Waals surface area contributed by atoms with E-state index in [2.05, 4.69) is 14.9 Å². The van der Waals surface area contributed by atoms with E-state index in [9.17, 15) is 9.18 Å². The maximum atomic E-state index is 13.4. The summed E-state index contributed by atoms with van der Waals surface area (Å²) in [6.07, 6.45) is 7.04. The highest BCUT2D eigenvalue weighted by molar-refractivity contribution is 5.79. The number of piperidine rings is 1. The maximum Gasteiger partial charge on any atom is 0.227 e. The van der Waals surface area contributed by atoms with Gasteiger partial charge in [-0.3, -0.25) is 9.78 Å². The van der Waals surface area contributed by atoms with Crippen LogP contribution in [-0.4, -0.2) is 59.2 Å². The summed E-state index contributed by atoms with van der Waals surface area (Å²) in [6, 6.07) is 6.24. The van der Waals surface area contributed by atoms with Crippen LogP contribution in [-0.2, 0) is 16.0 Å². The molecule has 0 N–H and O–H groups in total. The Balaban J connectivity index is 1.37. The third kappa shape index (κ3) is 4.08. The molecular formula is C20H23FN4O2. The molecule has 0 bridgehead atoms. The summed E-state index contributed by atoms with van der Waals surface area (Å²) in [4.78, 5) is 25.3. The Morgan fingerprint density at radius 1 is 1.22 bits per heavy atom. The molecule has 0 radical (unpaired) electrons. The number of nitrogens with zero attached hydrogens (tertiary/aromatic N) is 4. The van der Waals surface area contributed by atoms with E-state index in [1.54, 1.807) is 30.7 Å². The molecule has 2 fully saturated rings. The van der Waals surface area contributed by atoms with E-state index in [4.69, 9.17) is 4.74 Å². The first-order valence-electron chi connectivity index (χ1n) is 9.31. The topological polar surface area (TPSA) is 58.6 Å². The molecular weight excluding hydrogens is 347 g/mol. The Hall–Kier alpha value is -2.54. The average Bonchev–Trinajstić information content (AvgIpc) is 2.69. The van der Waals surface area contributed by atoms with Crippen LogP contribution in [0.2, 0.25) is 0 Å². The van der Waals surface area contributed by atoms with E-state index >= 15 is 0 Å². The van der Waals surface area contributed by atoms with E-state index in [-0.39, 0.29) is 23.7 Å². The van der Waals surface area contributed by atoms with Crippen LogP contribution >= 0.6 is 0 Å². The van der Waals surface area contributed by atoms with Crippen molar-refractivity contribution in [2.45, 2.75) is 24.9 Å². The van der Waals surface area contributed by atoms with Crippen LogP contribution in [0.4, 0.5) is 10.2 Å². The molecule has 1 spiro atoms. The molecule has 1 aromatic carbocycles. The summed E-state index contributed by atoms with van der Waals surface area (Å²) in [7, 11) is 0. The van der Waals surface area contributed by atoms with Gasteiger partial charge in [-0.2, -0.15) is 0 Å². The maximum absolute atomic E-state index is 13.4. The lowest BCUT2D eigenvalue weighted by atomic mass is 9.89. The molecule has 2 aliphatic rings. The zero-order valence-electron chi connectivity index (χ0n) is 15.2. The number of rotatable bonds is 3. The van der Waals surface area contributed by atoms with Crippen molar-refractivity contribution in [2.24, 2.45) is 0 Å². The minimum atomic E-state index is -0.310. The van der Waals surface area contributed by atoms with Gasteiger partial charge in [-0.05, 0) is 30.5 Å². The molecule has 0 aliphatic carbocycles.